The van der Waals surface area contributed by atoms with Crippen LogP contribution in [0.15, 0.2) is 35.2 Å². The van der Waals surface area contributed by atoms with E-state index < -0.39 is 16.5 Å². The Morgan fingerprint density at radius 3 is 2.88 bits per heavy atom. The molecular weight excluding hydrogens is 368 g/mol. The molecule has 1 aliphatic heterocycles. The predicted octanol–water partition coefficient (Wildman–Crippen LogP) is 4.70. The van der Waals surface area contributed by atoms with Crippen molar-refractivity contribution in [2.45, 2.75) is 19.3 Å². The molecule has 0 bridgehead atoms. The number of hydrogen-bond donors (Lipinski definition) is 4. The third-order valence-corrected chi connectivity index (χ3v) is 7.72. The summed E-state index contributed by atoms with van der Waals surface area (Å²) in [6.45, 7) is 0. The van der Waals surface area contributed by atoms with E-state index in [9.17, 15) is 13.9 Å². The molecule has 1 saturated heterocycles. The largest absolute Gasteiger partial charge is 0.366 e. The lowest BCUT2D eigenvalue weighted by atomic mass is 9.94. The van der Waals surface area contributed by atoms with Crippen LogP contribution in [-0.4, -0.2) is 31.5 Å². The molecule has 0 saturated carbocycles. The van der Waals surface area contributed by atoms with E-state index in [-0.39, 0.29) is 5.92 Å². The minimum Gasteiger partial charge on any atom is -0.366 e. The number of rotatable bonds is 4. The first-order chi connectivity index (χ1) is 12.4. The van der Waals surface area contributed by atoms with Gasteiger partial charge in [0.1, 0.15) is 0 Å². The Morgan fingerprint density at radius 1 is 1.35 bits per heavy atom. The van der Waals surface area contributed by atoms with Crippen LogP contribution in [0, 0.1) is 5.92 Å². The Hall–Kier alpha value is -1.80. The number of hydrogen-bond acceptors (Lipinski definition) is 4. The summed E-state index contributed by atoms with van der Waals surface area (Å²) in [5.41, 5.74) is 10.00. The molecule has 1 atom stereocenters. The molecule has 3 aromatic rings. The first kappa shape index (κ1) is 17.6. The number of aromatic nitrogens is 1. The van der Waals surface area contributed by atoms with E-state index >= 15 is 0 Å². The van der Waals surface area contributed by atoms with E-state index in [0.29, 0.717) is 17.1 Å². The number of amides is 1. The van der Waals surface area contributed by atoms with E-state index in [1.54, 1.807) is 11.3 Å². The number of H-pyrrole nitrogens is 1. The van der Waals surface area contributed by atoms with Crippen LogP contribution in [0.2, 0.25) is 0 Å². The summed E-state index contributed by atoms with van der Waals surface area (Å²) in [5, 5.41) is 5.05. The first-order valence-electron chi connectivity index (χ1n) is 8.63. The second-order valence-electron chi connectivity index (χ2n) is 7.02. The summed E-state index contributed by atoms with van der Waals surface area (Å²) in [6, 6.07) is 5.96. The molecule has 2 aromatic heterocycles. The summed E-state index contributed by atoms with van der Waals surface area (Å²) >= 11 is 1.61. The molecule has 0 aliphatic carbocycles. The van der Waals surface area contributed by atoms with Crippen molar-refractivity contribution < 1.29 is 13.9 Å². The lowest BCUT2D eigenvalue weighted by molar-refractivity contribution is 0.100. The van der Waals surface area contributed by atoms with Gasteiger partial charge in [-0.1, -0.05) is 0 Å². The average molecular weight is 391 g/mol. The fourth-order valence-corrected chi connectivity index (χ4v) is 6.37. The van der Waals surface area contributed by atoms with Gasteiger partial charge >= 0.3 is 0 Å². The Morgan fingerprint density at radius 2 is 2.19 bits per heavy atom. The SMILES string of the molecule is NC(=O)c1cc(-c2ccsc2)cc2c(CC3CCCS(O)(O)C3)c[nH]c12. The Balaban J connectivity index is 1.75. The summed E-state index contributed by atoms with van der Waals surface area (Å²) < 4.78 is 20.1. The highest BCUT2D eigenvalue weighted by Crippen LogP contribution is 2.47. The second kappa shape index (κ2) is 6.74. The molecule has 26 heavy (non-hydrogen) atoms. The molecule has 1 amide bonds. The van der Waals surface area contributed by atoms with Gasteiger partial charge in [-0.05, 0) is 70.8 Å². The number of primary amides is 1. The number of carbonyl (C=O) groups excluding carboxylic acids is 1. The van der Waals surface area contributed by atoms with Crippen molar-refractivity contribution in [2.24, 2.45) is 11.7 Å². The minimum atomic E-state index is -2.44. The van der Waals surface area contributed by atoms with Gasteiger partial charge in [-0.25, -0.2) is 0 Å². The van der Waals surface area contributed by atoms with Gasteiger partial charge in [0, 0.05) is 23.1 Å². The number of fused-ring (bicyclic) bond motifs is 1. The van der Waals surface area contributed by atoms with Crippen molar-refractivity contribution in [3.63, 3.8) is 0 Å². The molecule has 0 spiro atoms. The maximum atomic E-state index is 12.0. The maximum absolute atomic E-state index is 12.0. The van der Waals surface area contributed by atoms with Crippen molar-refractivity contribution in [1.29, 1.82) is 0 Å². The summed E-state index contributed by atoms with van der Waals surface area (Å²) in [6.07, 6.45) is 4.54. The summed E-state index contributed by atoms with van der Waals surface area (Å²) in [7, 11) is -2.44. The van der Waals surface area contributed by atoms with E-state index in [4.69, 9.17) is 5.73 Å². The topological polar surface area (TPSA) is 99.3 Å². The van der Waals surface area contributed by atoms with E-state index in [1.807, 2.05) is 23.7 Å². The van der Waals surface area contributed by atoms with Crippen LogP contribution in [0.5, 0.6) is 0 Å². The number of nitrogens with two attached hydrogens (primary N) is 1. The molecule has 5 nitrogen and oxygen atoms in total. The van der Waals surface area contributed by atoms with Crippen LogP contribution in [0.4, 0.5) is 0 Å². The molecule has 1 aromatic carbocycles. The van der Waals surface area contributed by atoms with Gasteiger partial charge in [0.05, 0.1) is 11.1 Å². The first-order valence-corrected chi connectivity index (χ1v) is 11.5. The number of benzene rings is 1. The number of nitrogens with one attached hydrogen (secondary N) is 1. The molecule has 1 unspecified atom stereocenters. The lowest BCUT2D eigenvalue weighted by Crippen LogP contribution is -2.23. The highest BCUT2D eigenvalue weighted by atomic mass is 32.3. The van der Waals surface area contributed by atoms with Gasteiger partial charge in [0.25, 0.3) is 5.91 Å². The zero-order valence-electron chi connectivity index (χ0n) is 14.3. The molecule has 1 aliphatic rings. The fraction of sp³-hybridized carbons (Fsp3) is 0.316. The number of aromatic amines is 1. The monoisotopic (exact) mass is 390 g/mol. The molecule has 7 heteroatoms. The van der Waals surface area contributed by atoms with Gasteiger partial charge < -0.3 is 10.7 Å². The van der Waals surface area contributed by atoms with Crippen LogP contribution < -0.4 is 5.73 Å². The summed E-state index contributed by atoms with van der Waals surface area (Å²) in [4.78, 5) is 15.2. The van der Waals surface area contributed by atoms with E-state index in [2.05, 4.69) is 16.4 Å². The van der Waals surface area contributed by atoms with Crippen molar-refractivity contribution >= 4 is 38.7 Å². The van der Waals surface area contributed by atoms with Crippen LogP contribution in [0.25, 0.3) is 22.0 Å². The second-order valence-corrected chi connectivity index (χ2v) is 10.1. The third-order valence-electron chi connectivity index (χ3n) is 5.09. The van der Waals surface area contributed by atoms with Crippen molar-refractivity contribution in [1.82, 2.24) is 4.98 Å². The average Bonchev–Trinajstić information content (AvgIpc) is 3.23. The highest BCUT2D eigenvalue weighted by Gasteiger charge is 2.26. The Labute approximate surface area is 157 Å². The standard InChI is InChI=1S/C19H22N2O3S2/c20-19(22)17-8-14(13-3-4-25-10-13)7-16-15(9-21-18(16)17)6-12-2-1-5-26(23,24)11-12/h3-4,7-10,12,21,23-24H,1-2,5-6,11H2,(H2,20,22). The molecule has 138 valence electrons. The molecular formula is C19H22N2O3S2. The van der Waals surface area contributed by atoms with Gasteiger partial charge in [0.2, 0.25) is 0 Å². The van der Waals surface area contributed by atoms with Crippen LogP contribution in [-0.2, 0) is 6.42 Å². The third kappa shape index (κ3) is 3.40. The molecule has 4 rings (SSSR count). The predicted molar refractivity (Wildman–Crippen MR) is 109 cm³/mol. The Bertz CT molecular complexity index is 947. The molecule has 1 fully saturated rings. The van der Waals surface area contributed by atoms with Crippen LogP contribution >= 0.6 is 21.9 Å². The maximum Gasteiger partial charge on any atom is 0.250 e. The Kier molecular flexibility index (Phi) is 4.56. The van der Waals surface area contributed by atoms with Crippen molar-refractivity contribution in [3.8, 4) is 11.1 Å². The van der Waals surface area contributed by atoms with Gasteiger partial charge in [-0.15, -0.1) is 0 Å². The zero-order valence-corrected chi connectivity index (χ0v) is 15.9. The highest BCUT2D eigenvalue weighted by molar-refractivity contribution is 8.24. The van der Waals surface area contributed by atoms with Gasteiger partial charge in [0.15, 0.2) is 0 Å². The summed E-state index contributed by atoms with van der Waals surface area (Å²) in [5.74, 6) is 0.778. The fourth-order valence-electron chi connectivity index (χ4n) is 3.87. The van der Waals surface area contributed by atoms with E-state index in [1.165, 1.54) is 0 Å². The molecule has 5 N–H and O–H groups in total. The number of thiophene rings is 1. The zero-order chi connectivity index (χ0) is 18.3. The van der Waals surface area contributed by atoms with Crippen molar-refractivity contribution in [3.05, 3.63) is 46.3 Å². The smallest absolute Gasteiger partial charge is 0.250 e. The van der Waals surface area contributed by atoms with Gasteiger partial charge in [-0.2, -0.15) is 21.9 Å². The van der Waals surface area contributed by atoms with E-state index in [0.717, 1.165) is 46.9 Å². The normalized spacial score (nSPS) is 20.9. The quantitative estimate of drug-likeness (QED) is 0.519. The lowest BCUT2D eigenvalue weighted by Gasteiger charge is -2.40. The van der Waals surface area contributed by atoms with Crippen molar-refractivity contribution in [2.75, 3.05) is 11.5 Å². The molecule has 0 radical (unpaired) electrons. The minimum absolute atomic E-state index is 0.245. The van der Waals surface area contributed by atoms with Crippen LogP contribution in [0.1, 0.15) is 28.8 Å². The van der Waals surface area contributed by atoms with Crippen LogP contribution in [0.3, 0.4) is 0 Å². The molecule has 3 heterocycles. The van der Waals surface area contributed by atoms with Gasteiger partial charge in [-0.3, -0.25) is 13.9 Å². The number of carbonyl (C=O) groups is 1.